The number of carbonyl (C=O) groups is 3. The van der Waals surface area contributed by atoms with E-state index in [0.717, 1.165) is 5.56 Å². The van der Waals surface area contributed by atoms with Gasteiger partial charge in [-0.25, -0.2) is 18.0 Å². The maximum absolute atomic E-state index is 12.9. The van der Waals surface area contributed by atoms with Crippen LogP contribution in [0, 0.1) is 13.8 Å². The van der Waals surface area contributed by atoms with E-state index in [1.165, 1.54) is 24.5 Å². The van der Waals surface area contributed by atoms with Crippen LogP contribution >= 0.6 is 0 Å². The van der Waals surface area contributed by atoms with Crippen LogP contribution < -0.4 is 15.4 Å². The summed E-state index contributed by atoms with van der Waals surface area (Å²) in [4.78, 5) is 35.9. The summed E-state index contributed by atoms with van der Waals surface area (Å²) < 4.78 is 38.2. The molecule has 0 aliphatic heterocycles. The molecule has 34 heavy (non-hydrogen) atoms. The number of amides is 3. The number of nitrogens with one attached hydrogen (secondary N) is 3. The van der Waals surface area contributed by atoms with Crippen molar-refractivity contribution in [2.45, 2.75) is 25.3 Å². The van der Waals surface area contributed by atoms with Gasteiger partial charge in [0.2, 0.25) is 0 Å². The van der Waals surface area contributed by atoms with Crippen LogP contribution in [0.1, 0.15) is 27.2 Å². The third kappa shape index (κ3) is 6.69. The molecule has 3 rings (SSSR count). The van der Waals surface area contributed by atoms with E-state index in [9.17, 15) is 22.8 Å². The Balaban J connectivity index is 1.59. The van der Waals surface area contributed by atoms with Crippen molar-refractivity contribution in [2.75, 3.05) is 11.3 Å². The van der Waals surface area contributed by atoms with Gasteiger partial charge in [0.25, 0.3) is 15.9 Å². The van der Waals surface area contributed by atoms with Crippen LogP contribution in [0.2, 0.25) is 0 Å². The Hall–Kier alpha value is -4.12. The monoisotopic (exact) mass is 485 g/mol. The molecule has 0 unspecified atom stereocenters. The molecule has 2 aromatic carbocycles. The van der Waals surface area contributed by atoms with Gasteiger partial charge in [-0.2, -0.15) is 0 Å². The quantitative estimate of drug-likeness (QED) is 0.416. The van der Waals surface area contributed by atoms with Crippen molar-refractivity contribution in [2.24, 2.45) is 0 Å². The molecule has 11 heteroatoms. The zero-order chi connectivity index (χ0) is 24.7. The van der Waals surface area contributed by atoms with Crippen LogP contribution in [0.5, 0.6) is 0 Å². The molecule has 10 nitrogen and oxygen atoms in total. The van der Waals surface area contributed by atoms with Gasteiger partial charge in [-0.3, -0.25) is 14.8 Å². The van der Waals surface area contributed by atoms with Gasteiger partial charge in [0.05, 0.1) is 23.3 Å². The largest absolute Gasteiger partial charge is 0.467 e. The summed E-state index contributed by atoms with van der Waals surface area (Å²) in [6.07, 6.45) is 1.44. The molecule has 3 N–H and O–H groups in total. The second-order valence-corrected chi connectivity index (χ2v) is 8.99. The lowest BCUT2D eigenvalue weighted by Crippen LogP contribution is -2.41. The van der Waals surface area contributed by atoms with Crippen molar-refractivity contribution in [1.29, 1.82) is 0 Å². The van der Waals surface area contributed by atoms with Crippen molar-refractivity contribution < 1.29 is 32.0 Å². The Labute approximate surface area is 196 Å². The van der Waals surface area contributed by atoms with Crippen LogP contribution in [0.25, 0.3) is 0 Å². The minimum Gasteiger partial charge on any atom is -0.467 e. The van der Waals surface area contributed by atoms with Gasteiger partial charge < -0.3 is 14.5 Å². The molecule has 0 atom stereocenters. The summed E-state index contributed by atoms with van der Waals surface area (Å²) in [6, 6.07) is 13.4. The van der Waals surface area contributed by atoms with E-state index in [0.29, 0.717) is 17.0 Å². The lowest BCUT2D eigenvalue weighted by Gasteiger charge is -2.12. The lowest BCUT2D eigenvalue weighted by atomic mass is 10.1. The number of anilines is 1. The van der Waals surface area contributed by atoms with E-state index in [1.54, 1.807) is 37.3 Å². The highest BCUT2D eigenvalue weighted by Gasteiger charge is 2.21. The smallest absolute Gasteiger partial charge is 0.338 e. The second kappa shape index (κ2) is 10.7. The summed E-state index contributed by atoms with van der Waals surface area (Å²) in [5, 5.41) is 4.42. The normalized spacial score (nSPS) is 10.9. The number of urea groups is 1. The molecule has 0 bridgehead atoms. The molecule has 3 amide bonds. The first kappa shape index (κ1) is 24.5. The molecule has 0 radical (unpaired) electrons. The van der Waals surface area contributed by atoms with Crippen molar-refractivity contribution >= 4 is 33.6 Å². The predicted octanol–water partition coefficient (Wildman–Crippen LogP) is 2.88. The number of benzene rings is 2. The number of sulfonamides is 1. The molecule has 0 aliphatic rings. The van der Waals surface area contributed by atoms with Gasteiger partial charge in [-0.05, 0) is 61.4 Å². The zero-order valence-electron chi connectivity index (χ0n) is 18.5. The summed E-state index contributed by atoms with van der Waals surface area (Å²) in [5.74, 6) is -1.28. The Morgan fingerprint density at radius 2 is 1.79 bits per heavy atom. The maximum atomic E-state index is 12.9. The van der Waals surface area contributed by atoms with Crippen LogP contribution in [0.15, 0.2) is 70.2 Å². The first-order chi connectivity index (χ1) is 16.1. The molecule has 0 spiro atoms. The fourth-order valence-corrected chi connectivity index (χ4v) is 4.26. The number of aryl methyl sites for hydroxylation is 2. The first-order valence-corrected chi connectivity index (χ1v) is 11.6. The van der Waals surface area contributed by atoms with Crippen molar-refractivity contribution in [3.63, 3.8) is 0 Å². The predicted molar refractivity (Wildman–Crippen MR) is 123 cm³/mol. The Bertz CT molecular complexity index is 1300. The molecule has 178 valence electrons. The molecule has 1 aromatic heterocycles. The summed E-state index contributed by atoms with van der Waals surface area (Å²) in [6.45, 7) is 2.76. The highest BCUT2D eigenvalue weighted by Crippen LogP contribution is 2.22. The Morgan fingerprint density at radius 3 is 2.50 bits per heavy atom. The van der Waals surface area contributed by atoms with Crippen molar-refractivity contribution in [1.82, 2.24) is 10.6 Å². The van der Waals surface area contributed by atoms with Gasteiger partial charge in [0, 0.05) is 5.69 Å². The third-order valence-corrected chi connectivity index (χ3v) is 6.10. The molecular formula is C23H23N3O7S. The number of hydrogen-bond acceptors (Lipinski definition) is 7. The van der Waals surface area contributed by atoms with Crippen LogP contribution in [-0.2, 0) is 26.1 Å². The van der Waals surface area contributed by atoms with Crippen LogP contribution in [0.4, 0.5) is 10.5 Å². The molecule has 0 fully saturated rings. The number of ether oxygens (including phenoxy) is 1. The SMILES string of the molecule is Cc1cccc(NS(=O)(=O)c2cc(C(=O)OCC(=O)NC(=O)NCc3ccco3)ccc2C)c1. The van der Waals surface area contributed by atoms with Crippen molar-refractivity contribution in [3.05, 3.63) is 83.3 Å². The standard InChI is InChI=1S/C23H23N3O7S/c1-15-5-3-6-18(11-15)26-34(30,31)20-12-17(9-8-16(20)2)22(28)33-14-21(27)25-23(29)24-13-19-7-4-10-32-19/h3-12,26H,13-14H2,1-2H3,(H2,24,25,27,29). The summed E-state index contributed by atoms with van der Waals surface area (Å²) in [5.41, 5.74) is 1.62. The molecular weight excluding hydrogens is 462 g/mol. The van der Waals surface area contributed by atoms with Gasteiger partial charge >= 0.3 is 12.0 Å². The van der Waals surface area contributed by atoms with Gasteiger partial charge in [-0.15, -0.1) is 0 Å². The zero-order valence-corrected chi connectivity index (χ0v) is 19.3. The van der Waals surface area contributed by atoms with E-state index in [-0.39, 0.29) is 17.0 Å². The van der Waals surface area contributed by atoms with Crippen molar-refractivity contribution in [3.8, 4) is 0 Å². The number of imide groups is 1. The Kier molecular flexibility index (Phi) is 7.69. The fraction of sp³-hybridized carbons (Fsp3) is 0.174. The number of carbonyl (C=O) groups excluding carboxylic acids is 3. The minimum atomic E-state index is -3.99. The first-order valence-electron chi connectivity index (χ1n) is 10.1. The molecule has 0 aliphatic carbocycles. The van der Waals surface area contributed by atoms with Gasteiger partial charge in [0.15, 0.2) is 6.61 Å². The average molecular weight is 486 g/mol. The van der Waals surface area contributed by atoms with E-state index >= 15 is 0 Å². The maximum Gasteiger partial charge on any atom is 0.338 e. The fourth-order valence-electron chi connectivity index (χ4n) is 2.94. The number of hydrogen-bond donors (Lipinski definition) is 3. The number of rotatable bonds is 8. The number of furan rings is 1. The van der Waals surface area contributed by atoms with E-state index in [4.69, 9.17) is 9.15 Å². The molecule has 1 heterocycles. The van der Waals surface area contributed by atoms with E-state index in [2.05, 4.69) is 10.0 Å². The summed E-state index contributed by atoms with van der Waals surface area (Å²) in [7, 11) is -3.99. The van der Waals surface area contributed by atoms with E-state index in [1.807, 2.05) is 18.3 Å². The third-order valence-electron chi connectivity index (χ3n) is 4.57. The molecule has 0 saturated heterocycles. The summed E-state index contributed by atoms with van der Waals surface area (Å²) >= 11 is 0. The Morgan fingerprint density at radius 1 is 1.00 bits per heavy atom. The van der Waals surface area contributed by atoms with E-state index < -0.39 is 34.5 Å². The lowest BCUT2D eigenvalue weighted by molar-refractivity contribution is -0.123. The highest BCUT2D eigenvalue weighted by atomic mass is 32.2. The average Bonchev–Trinajstić information content (AvgIpc) is 3.30. The topological polar surface area (TPSA) is 144 Å². The minimum absolute atomic E-state index is 0.0645. The van der Waals surface area contributed by atoms with Gasteiger partial charge in [-0.1, -0.05) is 18.2 Å². The van der Waals surface area contributed by atoms with Crippen LogP contribution in [-0.4, -0.2) is 32.9 Å². The highest BCUT2D eigenvalue weighted by molar-refractivity contribution is 7.92. The number of esters is 1. The second-order valence-electron chi connectivity index (χ2n) is 7.34. The molecule has 0 saturated carbocycles. The van der Waals surface area contributed by atoms with Crippen LogP contribution in [0.3, 0.4) is 0 Å². The molecule has 3 aromatic rings. The van der Waals surface area contributed by atoms with Gasteiger partial charge in [0.1, 0.15) is 5.76 Å².